The van der Waals surface area contributed by atoms with Crippen molar-refractivity contribution in [2.75, 3.05) is 33.8 Å². The molecule has 1 N–H and O–H groups in total. The first-order chi connectivity index (χ1) is 14.6. The zero-order valence-corrected chi connectivity index (χ0v) is 17.9. The number of carbonyl (C=O) groups is 1. The Morgan fingerprint density at radius 2 is 1.63 bits per heavy atom. The van der Waals surface area contributed by atoms with Gasteiger partial charge in [0.15, 0.2) is 16.6 Å². The van der Waals surface area contributed by atoms with E-state index in [4.69, 9.17) is 18.9 Å². The van der Waals surface area contributed by atoms with Crippen molar-refractivity contribution in [2.24, 2.45) is 0 Å². The summed E-state index contributed by atoms with van der Waals surface area (Å²) in [5, 5.41) is 5.18. The van der Waals surface area contributed by atoms with Crippen LogP contribution in [0.4, 0.5) is 5.13 Å². The van der Waals surface area contributed by atoms with E-state index in [-0.39, 0.29) is 5.91 Å². The molecule has 0 aliphatic heterocycles. The highest BCUT2D eigenvalue weighted by molar-refractivity contribution is 7.14. The Morgan fingerprint density at radius 3 is 2.20 bits per heavy atom. The molecule has 0 aliphatic carbocycles. The van der Waals surface area contributed by atoms with Gasteiger partial charge in [-0.3, -0.25) is 10.1 Å². The maximum Gasteiger partial charge on any atom is 0.250 e. The number of methoxy groups -OCH3 is 4. The van der Waals surface area contributed by atoms with E-state index in [1.807, 2.05) is 29.6 Å². The number of hydrogen-bond acceptors (Lipinski definition) is 7. The topological polar surface area (TPSA) is 78.9 Å². The standard InChI is InChI=1S/C22H22N2O5S/c1-26-16-8-6-15(7-9-16)17-13-30-22(23-17)24-20(25)10-5-14-11-18(27-2)21(29-4)19(12-14)28-3/h5-13H,1-4H3,(H,23,24,25)/b10-5+. The van der Waals surface area contributed by atoms with Gasteiger partial charge in [-0.25, -0.2) is 4.98 Å². The molecule has 1 heterocycles. The summed E-state index contributed by atoms with van der Waals surface area (Å²) < 4.78 is 21.1. The van der Waals surface area contributed by atoms with Crippen LogP contribution in [-0.4, -0.2) is 39.3 Å². The molecule has 0 bridgehead atoms. The van der Waals surface area contributed by atoms with Crippen LogP contribution in [0.3, 0.4) is 0 Å². The Kier molecular flexibility index (Phi) is 6.92. The highest BCUT2D eigenvalue weighted by atomic mass is 32.1. The number of anilines is 1. The van der Waals surface area contributed by atoms with Gasteiger partial charge in [-0.05, 0) is 48.0 Å². The zero-order chi connectivity index (χ0) is 21.5. The summed E-state index contributed by atoms with van der Waals surface area (Å²) in [6.07, 6.45) is 3.09. The number of aromatic nitrogens is 1. The predicted octanol–water partition coefficient (Wildman–Crippen LogP) is 4.50. The molecule has 0 radical (unpaired) electrons. The van der Waals surface area contributed by atoms with Gasteiger partial charge >= 0.3 is 0 Å². The minimum atomic E-state index is -0.292. The highest BCUT2D eigenvalue weighted by Crippen LogP contribution is 2.38. The molecule has 0 spiro atoms. The lowest BCUT2D eigenvalue weighted by atomic mass is 10.1. The van der Waals surface area contributed by atoms with Crippen molar-refractivity contribution in [1.82, 2.24) is 4.98 Å². The second kappa shape index (κ2) is 9.80. The van der Waals surface area contributed by atoms with Crippen LogP contribution in [0.2, 0.25) is 0 Å². The van der Waals surface area contributed by atoms with E-state index < -0.39 is 0 Å². The van der Waals surface area contributed by atoms with Crippen LogP contribution in [0.25, 0.3) is 17.3 Å². The number of nitrogens with one attached hydrogen (secondary N) is 1. The van der Waals surface area contributed by atoms with Gasteiger partial charge in [-0.2, -0.15) is 0 Å². The molecule has 2 aromatic carbocycles. The molecule has 0 fully saturated rings. The van der Waals surface area contributed by atoms with Crippen LogP contribution >= 0.6 is 11.3 Å². The molecule has 3 rings (SSSR count). The van der Waals surface area contributed by atoms with E-state index in [9.17, 15) is 4.79 Å². The van der Waals surface area contributed by atoms with Crippen molar-refractivity contribution in [3.63, 3.8) is 0 Å². The first kappa shape index (κ1) is 21.2. The van der Waals surface area contributed by atoms with Gasteiger partial charge in [0.2, 0.25) is 11.7 Å². The summed E-state index contributed by atoms with van der Waals surface area (Å²) in [5.41, 5.74) is 2.46. The van der Waals surface area contributed by atoms with Crippen LogP contribution in [-0.2, 0) is 4.79 Å². The van der Waals surface area contributed by atoms with E-state index in [0.717, 1.165) is 22.6 Å². The van der Waals surface area contributed by atoms with Crippen molar-refractivity contribution >= 4 is 28.5 Å². The predicted molar refractivity (Wildman–Crippen MR) is 118 cm³/mol. The third-order valence-corrected chi connectivity index (χ3v) is 4.99. The van der Waals surface area contributed by atoms with E-state index in [2.05, 4.69) is 10.3 Å². The quantitative estimate of drug-likeness (QED) is 0.535. The molecular formula is C22H22N2O5S. The molecule has 0 unspecified atom stereocenters. The van der Waals surface area contributed by atoms with Gasteiger partial charge in [0.1, 0.15) is 5.75 Å². The number of thiazole rings is 1. The molecule has 0 saturated carbocycles. The Bertz CT molecular complexity index is 1020. The van der Waals surface area contributed by atoms with E-state index >= 15 is 0 Å². The lowest BCUT2D eigenvalue weighted by Crippen LogP contribution is -2.07. The van der Waals surface area contributed by atoms with Crippen LogP contribution in [0.5, 0.6) is 23.0 Å². The maximum absolute atomic E-state index is 12.3. The molecular weight excluding hydrogens is 404 g/mol. The van der Waals surface area contributed by atoms with Gasteiger partial charge in [-0.15, -0.1) is 11.3 Å². The van der Waals surface area contributed by atoms with Crippen LogP contribution in [0.15, 0.2) is 47.9 Å². The lowest BCUT2D eigenvalue weighted by molar-refractivity contribution is -0.111. The molecule has 1 aromatic heterocycles. The molecule has 156 valence electrons. The third-order valence-electron chi connectivity index (χ3n) is 4.23. The summed E-state index contributed by atoms with van der Waals surface area (Å²) in [6.45, 7) is 0. The van der Waals surface area contributed by atoms with Crippen molar-refractivity contribution in [1.29, 1.82) is 0 Å². The molecule has 0 aliphatic rings. The average Bonchev–Trinajstić information content (AvgIpc) is 3.25. The van der Waals surface area contributed by atoms with Gasteiger partial charge < -0.3 is 18.9 Å². The van der Waals surface area contributed by atoms with Crippen molar-refractivity contribution in [3.05, 3.63) is 53.4 Å². The van der Waals surface area contributed by atoms with Gasteiger partial charge in [0, 0.05) is 17.0 Å². The van der Waals surface area contributed by atoms with E-state index in [1.165, 1.54) is 24.5 Å². The first-order valence-electron chi connectivity index (χ1n) is 8.97. The van der Waals surface area contributed by atoms with Gasteiger partial charge in [-0.1, -0.05) is 0 Å². The lowest BCUT2D eigenvalue weighted by Gasteiger charge is -2.12. The monoisotopic (exact) mass is 426 g/mol. The van der Waals surface area contributed by atoms with E-state index in [0.29, 0.717) is 22.4 Å². The summed E-state index contributed by atoms with van der Waals surface area (Å²) in [7, 11) is 6.25. The number of nitrogens with zero attached hydrogens (tertiary/aromatic N) is 1. The summed E-state index contributed by atoms with van der Waals surface area (Å²) in [4.78, 5) is 16.8. The molecule has 0 saturated heterocycles. The van der Waals surface area contributed by atoms with Gasteiger partial charge in [0.25, 0.3) is 0 Å². The number of ether oxygens (including phenoxy) is 4. The molecule has 7 nitrogen and oxygen atoms in total. The minimum absolute atomic E-state index is 0.292. The van der Waals surface area contributed by atoms with Crippen molar-refractivity contribution in [3.8, 4) is 34.3 Å². The number of benzene rings is 2. The normalized spacial score (nSPS) is 10.7. The fourth-order valence-electron chi connectivity index (χ4n) is 2.74. The van der Waals surface area contributed by atoms with Crippen molar-refractivity contribution in [2.45, 2.75) is 0 Å². The van der Waals surface area contributed by atoms with E-state index in [1.54, 1.807) is 39.5 Å². The molecule has 30 heavy (non-hydrogen) atoms. The number of amides is 1. The Hall–Kier alpha value is -3.52. The maximum atomic E-state index is 12.3. The number of carbonyl (C=O) groups excluding carboxylic acids is 1. The molecule has 1 amide bonds. The largest absolute Gasteiger partial charge is 0.497 e. The van der Waals surface area contributed by atoms with Gasteiger partial charge in [0.05, 0.1) is 34.1 Å². The Balaban J connectivity index is 1.70. The minimum Gasteiger partial charge on any atom is -0.497 e. The Labute approximate surface area is 178 Å². The average molecular weight is 426 g/mol. The first-order valence-corrected chi connectivity index (χ1v) is 9.85. The molecule has 8 heteroatoms. The second-order valence-electron chi connectivity index (χ2n) is 6.05. The van der Waals surface area contributed by atoms with Crippen LogP contribution in [0, 0.1) is 0 Å². The third kappa shape index (κ3) is 4.90. The molecule has 3 aromatic rings. The Morgan fingerprint density at radius 1 is 0.967 bits per heavy atom. The summed E-state index contributed by atoms with van der Waals surface area (Å²) in [6, 6.07) is 11.1. The van der Waals surface area contributed by atoms with Crippen molar-refractivity contribution < 1.29 is 23.7 Å². The molecule has 0 atom stereocenters. The number of hydrogen-bond donors (Lipinski definition) is 1. The zero-order valence-electron chi connectivity index (χ0n) is 17.1. The summed E-state index contributed by atoms with van der Waals surface area (Å²) in [5.74, 6) is 2.01. The highest BCUT2D eigenvalue weighted by Gasteiger charge is 2.12. The van der Waals surface area contributed by atoms with Crippen LogP contribution in [0.1, 0.15) is 5.56 Å². The summed E-state index contributed by atoms with van der Waals surface area (Å²) >= 11 is 1.36. The fourth-order valence-corrected chi connectivity index (χ4v) is 3.46. The number of rotatable bonds is 8. The van der Waals surface area contributed by atoms with Crippen LogP contribution < -0.4 is 24.3 Å². The smallest absolute Gasteiger partial charge is 0.250 e. The second-order valence-corrected chi connectivity index (χ2v) is 6.91. The fraction of sp³-hybridized carbons (Fsp3) is 0.182. The SMILES string of the molecule is COc1ccc(-c2csc(NC(=O)/C=C/c3cc(OC)c(OC)c(OC)c3)n2)cc1.